The molecule has 6 heteroatoms. The van der Waals surface area contributed by atoms with Gasteiger partial charge in [0.25, 0.3) is 5.56 Å². The monoisotopic (exact) mass is 330 g/mol. The quantitative estimate of drug-likeness (QED) is 0.650. The summed E-state index contributed by atoms with van der Waals surface area (Å²) in [5.74, 6) is -0.651. The molecule has 5 nitrogen and oxygen atoms in total. The summed E-state index contributed by atoms with van der Waals surface area (Å²) in [6, 6.07) is 7.53. The van der Waals surface area contributed by atoms with Crippen LogP contribution >= 0.6 is 11.8 Å². The van der Waals surface area contributed by atoms with Crippen LogP contribution in [0, 0.1) is 0 Å². The van der Waals surface area contributed by atoms with Gasteiger partial charge in [0.05, 0.1) is 11.6 Å². The van der Waals surface area contributed by atoms with E-state index < -0.39 is 11.9 Å². The summed E-state index contributed by atoms with van der Waals surface area (Å²) in [4.78, 5) is 30.3. The molecule has 23 heavy (non-hydrogen) atoms. The SMILES string of the molecule is CC(C(=O)O)c1ccc(CSc2nc3c(c(=O)[nH]2)CCC3)cc1. The molecule has 1 heterocycles. The molecule has 0 radical (unpaired) electrons. The van der Waals surface area contributed by atoms with Crippen molar-refractivity contribution >= 4 is 17.7 Å². The Morgan fingerprint density at radius 3 is 2.78 bits per heavy atom. The Labute approximate surface area is 138 Å². The second kappa shape index (κ2) is 6.58. The van der Waals surface area contributed by atoms with E-state index in [2.05, 4.69) is 9.97 Å². The normalized spacial score (nSPS) is 14.5. The Hall–Kier alpha value is -2.08. The van der Waals surface area contributed by atoms with Crippen LogP contribution in [0.15, 0.2) is 34.2 Å². The van der Waals surface area contributed by atoms with E-state index >= 15 is 0 Å². The number of benzene rings is 1. The Kier molecular flexibility index (Phi) is 4.52. The number of fused-ring (bicyclic) bond motifs is 1. The standard InChI is InChI=1S/C17H18N2O3S/c1-10(16(21)22)12-7-5-11(6-8-12)9-23-17-18-14-4-2-3-13(14)15(20)19-17/h5-8,10H,2-4,9H2,1H3,(H,21,22)(H,18,19,20). The molecule has 2 N–H and O–H groups in total. The number of aryl methyl sites for hydroxylation is 1. The molecule has 1 unspecified atom stereocenters. The summed E-state index contributed by atoms with van der Waals surface area (Å²) < 4.78 is 0. The number of carboxylic acids is 1. The van der Waals surface area contributed by atoms with Crippen molar-refractivity contribution in [3.8, 4) is 0 Å². The van der Waals surface area contributed by atoms with Crippen molar-refractivity contribution < 1.29 is 9.90 Å². The lowest BCUT2D eigenvalue weighted by atomic mass is 10.0. The molecule has 120 valence electrons. The molecule has 1 aliphatic rings. The summed E-state index contributed by atoms with van der Waals surface area (Å²) in [5.41, 5.74) is 3.61. The highest BCUT2D eigenvalue weighted by Gasteiger charge is 2.17. The first-order valence-corrected chi connectivity index (χ1v) is 8.59. The van der Waals surface area contributed by atoms with Gasteiger partial charge in [-0.3, -0.25) is 9.59 Å². The Morgan fingerprint density at radius 2 is 2.09 bits per heavy atom. The number of aromatic amines is 1. The van der Waals surface area contributed by atoms with Gasteiger partial charge >= 0.3 is 5.97 Å². The number of aromatic nitrogens is 2. The number of aliphatic carboxylic acids is 1. The van der Waals surface area contributed by atoms with Gasteiger partial charge in [-0.2, -0.15) is 0 Å². The minimum absolute atomic E-state index is 0.0133. The maximum atomic E-state index is 12.0. The average molecular weight is 330 g/mol. The number of H-pyrrole nitrogens is 1. The molecule has 1 aromatic heterocycles. The second-order valence-electron chi connectivity index (χ2n) is 5.74. The molecule has 0 saturated carbocycles. The fraction of sp³-hybridized carbons (Fsp3) is 0.353. The Morgan fingerprint density at radius 1 is 1.35 bits per heavy atom. The number of carboxylic acid groups (broad SMARTS) is 1. The average Bonchev–Trinajstić information content (AvgIpc) is 3.02. The summed E-state index contributed by atoms with van der Waals surface area (Å²) in [6.45, 7) is 1.67. The van der Waals surface area contributed by atoms with Crippen molar-refractivity contribution in [2.24, 2.45) is 0 Å². The van der Waals surface area contributed by atoms with Gasteiger partial charge in [-0.1, -0.05) is 36.0 Å². The predicted molar refractivity (Wildman–Crippen MR) is 88.9 cm³/mol. The molecule has 0 fully saturated rings. The molecule has 1 aromatic carbocycles. The maximum absolute atomic E-state index is 12.0. The second-order valence-corrected chi connectivity index (χ2v) is 6.70. The summed E-state index contributed by atoms with van der Waals surface area (Å²) in [6.07, 6.45) is 2.71. The minimum Gasteiger partial charge on any atom is -0.481 e. The van der Waals surface area contributed by atoms with E-state index in [1.807, 2.05) is 24.3 Å². The smallest absolute Gasteiger partial charge is 0.310 e. The number of hydrogen-bond donors (Lipinski definition) is 2. The number of nitrogens with zero attached hydrogens (tertiary/aromatic N) is 1. The highest BCUT2D eigenvalue weighted by atomic mass is 32.2. The van der Waals surface area contributed by atoms with Gasteiger partial charge in [-0.25, -0.2) is 4.98 Å². The van der Waals surface area contributed by atoms with Crippen LogP contribution in [0.3, 0.4) is 0 Å². The van der Waals surface area contributed by atoms with Gasteiger partial charge in [0.1, 0.15) is 0 Å². The van der Waals surface area contributed by atoms with Gasteiger partial charge < -0.3 is 10.1 Å². The van der Waals surface area contributed by atoms with Crippen molar-refractivity contribution in [3.63, 3.8) is 0 Å². The third kappa shape index (κ3) is 3.47. The third-order valence-electron chi connectivity index (χ3n) is 4.15. The van der Waals surface area contributed by atoms with Gasteiger partial charge in [-0.05, 0) is 37.3 Å². The predicted octanol–water partition coefficient (Wildman–Crippen LogP) is 2.74. The van der Waals surface area contributed by atoms with Crippen LogP contribution < -0.4 is 5.56 Å². The van der Waals surface area contributed by atoms with Crippen LogP contribution in [0.1, 0.15) is 41.6 Å². The largest absolute Gasteiger partial charge is 0.481 e. The lowest BCUT2D eigenvalue weighted by Crippen LogP contribution is -2.14. The number of carbonyl (C=O) groups is 1. The molecule has 1 atom stereocenters. The molecule has 3 rings (SSSR count). The van der Waals surface area contributed by atoms with E-state index in [-0.39, 0.29) is 5.56 Å². The maximum Gasteiger partial charge on any atom is 0.310 e. The molecule has 2 aromatic rings. The molecule has 0 bridgehead atoms. The Balaban J connectivity index is 1.68. The lowest BCUT2D eigenvalue weighted by molar-refractivity contribution is -0.138. The highest BCUT2D eigenvalue weighted by molar-refractivity contribution is 7.98. The first-order valence-electron chi connectivity index (χ1n) is 7.61. The fourth-order valence-electron chi connectivity index (χ4n) is 2.68. The van der Waals surface area contributed by atoms with Crippen LogP contribution in [0.5, 0.6) is 0 Å². The van der Waals surface area contributed by atoms with Gasteiger partial charge in [0.2, 0.25) is 0 Å². The number of rotatable bonds is 5. The summed E-state index contributed by atoms with van der Waals surface area (Å²) in [5, 5.41) is 9.67. The summed E-state index contributed by atoms with van der Waals surface area (Å²) in [7, 11) is 0. The Bertz CT molecular complexity index is 783. The van der Waals surface area contributed by atoms with Crippen molar-refractivity contribution in [1.82, 2.24) is 9.97 Å². The van der Waals surface area contributed by atoms with E-state index in [4.69, 9.17) is 5.11 Å². The van der Waals surface area contributed by atoms with E-state index in [1.54, 1.807) is 6.92 Å². The van der Waals surface area contributed by atoms with Crippen molar-refractivity contribution in [2.45, 2.75) is 43.0 Å². The first kappa shape index (κ1) is 15.8. The zero-order valence-electron chi connectivity index (χ0n) is 12.8. The number of thioether (sulfide) groups is 1. The van der Waals surface area contributed by atoms with Crippen molar-refractivity contribution in [2.75, 3.05) is 0 Å². The molecule has 0 saturated heterocycles. The molecule has 1 aliphatic carbocycles. The van der Waals surface area contributed by atoms with Crippen LogP contribution in [-0.4, -0.2) is 21.0 Å². The fourth-order valence-corrected chi connectivity index (χ4v) is 3.52. The molecular formula is C17H18N2O3S. The topological polar surface area (TPSA) is 83.0 Å². The molecule has 0 amide bonds. The van der Waals surface area contributed by atoms with Gasteiger partial charge in [0.15, 0.2) is 5.16 Å². The number of nitrogens with one attached hydrogen (secondary N) is 1. The van der Waals surface area contributed by atoms with Crippen LogP contribution in [0.25, 0.3) is 0 Å². The van der Waals surface area contributed by atoms with E-state index in [0.717, 1.165) is 41.6 Å². The zero-order chi connectivity index (χ0) is 16.4. The zero-order valence-corrected chi connectivity index (χ0v) is 13.7. The van der Waals surface area contributed by atoms with Crippen LogP contribution in [0.4, 0.5) is 0 Å². The van der Waals surface area contributed by atoms with Crippen molar-refractivity contribution in [1.29, 1.82) is 0 Å². The third-order valence-corrected chi connectivity index (χ3v) is 5.09. The van der Waals surface area contributed by atoms with E-state index in [9.17, 15) is 9.59 Å². The molecular weight excluding hydrogens is 312 g/mol. The number of hydrogen-bond acceptors (Lipinski definition) is 4. The molecule has 0 aliphatic heterocycles. The lowest BCUT2D eigenvalue weighted by Gasteiger charge is -2.08. The first-order chi connectivity index (χ1) is 11.0. The van der Waals surface area contributed by atoms with Crippen LogP contribution in [0.2, 0.25) is 0 Å². The van der Waals surface area contributed by atoms with Crippen molar-refractivity contribution in [3.05, 3.63) is 57.0 Å². The van der Waals surface area contributed by atoms with Gasteiger partial charge in [-0.15, -0.1) is 0 Å². The van der Waals surface area contributed by atoms with Gasteiger partial charge in [0, 0.05) is 11.3 Å². The minimum atomic E-state index is -0.827. The molecule has 0 spiro atoms. The van der Waals surface area contributed by atoms with E-state index in [0.29, 0.717) is 10.9 Å². The summed E-state index contributed by atoms with van der Waals surface area (Å²) >= 11 is 1.49. The highest BCUT2D eigenvalue weighted by Crippen LogP contribution is 2.23. The van der Waals surface area contributed by atoms with E-state index in [1.165, 1.54) is 11.8 Å². The van der Waals surface area contributed by atoms with Crippen LogP contribution in [-0.2, 0) is 23.4 Å².